The van der Waals surface area contributed by atoms with Gasteiger partial charge in [-0.2, -0.15) is 0 Å². The van der Waals surface area contributed by atoms with Crippen LogP contribution in [0.3, 0.4) is 0 Å². The molecule has 2 fully saturated rings. The molecule has 1 amide bonds. The van der Waals surface area contributed by atoms with Crippen LogP contribution in [0.5, 0.6) is 0 Å². The third kappa shape index (κ3) is 4.17. The lowest BCUT2D eigenvalue weighted by Crippen LogP contribution is -2.56. The molecule has 3 N–H and O–H groups in total. The van der Waals surface area contributed by atoms with Gasteiger partial charge in [0, 0.05) is 37.1 Å². The summed E-state index contributed by atoms with van der Waals surface area (Å²) in [7, 11) is 0. The summed E-state index contributed by atoms with van der Waals surface area (Å²) in [6.07, 6.45) is 3.83. The van der Waals surface area contributed by atoms with E-state index in [9.17, 15) is 4.79 Å². The highest BCUT2D eigenvalue weighted by molar-refractivity contribution is 5.78. The van der Waals surface area contributed by atoms with Crippen LogP contribution < -0.4 is 11.1 Å². The fraction of sp³-hybridized carbons (Fsp3) is 0.933. The van der Waals surface area contributed by atoms with Gasteiger partial charge in [0.25, 0.3) is 0 Å². The van der Waals surface area contributed by atoms with Crippen molar-refractivity contribution in [1.82, 2.24) is 10.2 Å². The number of rotatable bonds is 4. The molecule has 0 spiro atoms. The van der Waals surface area contributed by atoms with Crippen LogP contribution in [0, 0.1) is 5.92 Å². The van der Waals surface area contributed by atoms with Gasteiger partial charge < -0.3 is 15.8 Å². The number of morpholine rings is 1. The molecular formula is C15H29N3O2. The van der Waals surface area contributed by atoms with E-state index in [1.807, 2.05) is 0 Å². The van der Waals surface area contributed by atoms with Crippen LogP contribution in [0.15, 0.2) is 0 Å². The highest BCUT2D eigenvalue weighted by Crippen LogP contribution is 2.23. The van der Waals surface area contributed by atoms with Crippen molar-refractivity contribution in [1.29, 1.82) is 0 Å². The number of nitrogens with two attached hydrogens (primary N) is 1. The Bertz CT molecular complexity index is 319. The summed E-state index contributed by atoms with van der Waals surface area (Å²) < 4.78 is 5.38. The Labute approximate surface area is 122 Å². The quantitative estimate of drug-likeness (QED) is 0.798. The van der Waals surface area contributed by atoms with Gasteiger partial charge in [-0.15, -0.1) is 0 Å². The summed E-state index contributed by atoms with van der Waals surface area (Å²) in [4.78, 5) is 14.6. The van der Waals surface area contributed by atoms with Gasteiger partial charge in [0.2, 0.25) is 5.91 Å². The third-order valence-corrected chi connectivity index (χ3v) is 4.71. The Morgan fingerprint density at radius 1 is 1.25 bits per heavy atom. The van der Waals surface area contributed by atoms with E-state index in [1.165, 1.54) is 0 Å². The zero-order valence-electron chi connectivity index (χ0n) is 12.9. The Balaban J connectivity index is 1.76. The van der Waals surface area contributed by atoms with Crippen LogP contribution in [-0.4, -0.2) is 55.2 Å². The number of hydrogen-bond acceptors (Lipinski definition) is 4. The predicted octanol–water partition coefficient (Wildman–Crippen LogP) is 0.731. The van der Waals surface area contributed by atoms with Crippen molar-refractivity contribution in [2.24, 2.45) is 11.7 Å². The molecule has 0 aromatic rings. The molecule has 5 nitrogen and oxygen atoms in total. The van der Waals surface area contributed by atoms with Crippen LogP contribution in [0.4, 0.5) is 0 Å². The molecule has 0 aromatic carbocycles. The van der Waals surface area contributed by atoms with E-state index >= 15 is 0 Å². The SMILES string of the molecule is CC(C)(CNC(=O)C1CCC(N)CC1)N1CCOCC1. The van der Waals surface area contributed by atoms with Crippen molar-refractivity contribution in [3.63, 3.8) is 0 Å². The fourth-order valence-corrected chi connectivity index (χ4v) is 3.11. The zero-order chi connectivity index (χ0) is 14.6. The number of nitrogens with zero attached hydrogens (tertiary/aromatic N) is 1. The molecule has 0 bridgehead atoms. The third-order valence-electron chi connectivity index (χ3n) is 4.71. The van der Waals surface area contributed by atoms with Crippen LogP contribution in [-0.2, 0) is 9.53 Å². The van der Waals surface area contributed by atoms with Gasteiger partial charge in [-0.1, -0.05) is 0 Å². The van der Waals surface area contributed by atoms with Crippen molar-refractivity contribution in [2.45, 2.75) is 51.1 Å². The van der Waals surface area contributed by atoms with Crippen molar-refractivity contribution >= 4 is 5.91 Å². The highest BCUT2D eigenvalue weighted by atomic mass is 16.5. The molecule has 2 aliphatic rings. The number of ether oxygens (including phenoxy) is 1. The summed E-state index contributed by atoms with van der Waals surface area (Å²) in [5.74, 6) is 0.369. The second kappa shape index (κ2) is 6.87. The fourth-order valence-electron chi connectivity index (χ4n) is 3.11. The molecule has 0 unspecified atom stereocenters. The second-order valence-electron chi connectivity index (χ2n) is 6.74. The molecule has 2 rings (SSSR count). The molecular weight excluding hydrogens is 254 g/mol. The first-order chi connectivity index (χ1) is 9.49. The zero-order valence-corrected chi connectivity index (χ0v) is 12.9. The van der Waals surface area contributed by atoms with Crippen molar-refractivity contribution in [3.05, 3.63) is 0 Å². The van der Waals surface area contributed by atoms with Gasteiger partial charge in [0.1, 0.15) is 0 Å². The first kappa shape index (κ1) is 15.7. The Morgan fingerprint density at radius 2 is 1.85 bits per heavy atom. The van der Waals surface area contributed by atoms with Crippen molar-refractivity contribution < 1.29 is 9.53 Å². The summed E-state index contributed by atoms with van der Waals surface area (Å²) in [5.41, 5.74) is 5.88. The number of hydrogen-bond donors (Lipinski definition) is 2. The Morgan fingerprint density at radius 3 is 2.45 bits per heavy atom. The number of amides is 1. The number of carbonyl (C=O) groups excluding carboxylic acids is 1. The van der Waals surface area contributed by atoms with E-state index in [0.717, 1.165) is 52.0 Å². The molecule has 0 aromatic heterocycles. The van der Waals surface area contributed by atoms with Gasteiger partial charge in [-0.3, -0.25) is 9.69 Å². The monoisotopic (exact) mass is 283 g/mol. The van der Waals surface area contributed by atoms with Crippen molar-refractivity contribution in [3.8, 4) is 0 Å². The molecule has 1 aliphatic carbocycles. The van der Waals surface area contributed by atoms with Gasteiger partial charge in [-0.05, 0) is 39.5 Å². The maximum absolute atomic E-state index is 12.2. The van der Waals surface area contributed by atoms with Gasteiger partial charge in [0.05, 0.1) is 13.2 Å². The molecule has 5 heteroatoms. The van der Waals surface area contributed by atoms with E-state index in [0.29, 0.717) is 12.6 Å². The minimum Gasteiger partial charge on any atom is -0.379 e. The molecule has 0 atom stereocenters. The van der Waals surface area contributed by atoms with Gasteiger partial charge in [0.15, 0.2) is 0 Å². The van der Waals surface area contributed by atoms with Crippen molar-refractivity contribution in [2.75, 3.05) is 32.8 Å². The lowest BCUT2D eigenvalue weighted by molar-refractivity contribution is -0.126. The maximum Gasteiger partial charge on any atom is 0.223 e. The Kier molecular flexibility index (Phi) is 5.41. The standard InChI is InChI=1S/C15H29N3O2/c1-15(2,18-7-9-20-10-8-18)11-17-14(19)12-3-5-13(16)6-4-12/h12-13H,3-11,16H2,1-2H3,(H,17,19). The number of carbonyl (C=O) groups is 1. The van der Waals surface area contributed by atoms with E-state index < -0.39 is 0 Å². The summed E-state index contributed by atoms with van der Waals surface area (Å²) >= 11 is 0. The lowest BCUT2D eigenvalue weighted by Gasteiger charge is -2.41. The van der Waals surface area contributed by atoms with Crippen LogP contribution in [0.2, 0.25) is 0 Å². The molecule has 1 aliphatic heterocycles. The first-order valence-corrected chi connectivity index (χ1v) is 7.85. The average Bonchev–Trinajstić information content (AvgIpc) is 2.46. The van der Waals surface area contributed by atoms with Crippen LogP contribution >= 0.6 is 0 Å². The predicted molar refractivity (Wildman–Crippen MR) is 79.4 cm³/mol. The summed E-state index contributed by atoms with van der Waals surface area (Å²) in [5, 5.41) is 3.14. The van der Waals surface area contributed by atoms with Crippen LogP contribution in [0.1, 0.15) is 39.5 Å². The van der Waals surface area contributed by atoms with E-state index in [1.54, 1.807) is 0 Å². The summed E-state index contributed by atoms with van der Waals surface area (Å²) in [6, 6.07) is 0.295. The first-order valence-electron chi connectivity index (χ1n) is 7.85. The normalized spacial score (nSPS) is 29.1. The molecule has 1 saturated carbocycles. The molecule has 1 saturated heterocycles. The number of nitrogens with one attached hydrogen (secondary N) is 1. The smallest absolute Gasteiger partial charge is 0.223 e. The van der Waals surface area contributed by atoms with Gasteiger partial charge >= 0.3 is 0 Å². The van der Waals surface area contributed by atoms with Crippen LogP contribution in [0.25, 0.3) is 0 Å². The minimum absolute atomic E-state index is 0.00942. The van der Waals surface area contributed by atoms with E-state index in [-0.39, 0.29) is 17.4 Å². The van der Waals surface area contributed by atoms with E-state index in [2.05, 4.69) is 24.1 Å². The van der Waals surface area contributed by atoms with Gasteiger partial charge in [-0.25, -0.2) is 0 Å². The largest absolute Gasteiger partial charge is 0.379 e. The van der Waals surface area contributed by atoms with E-state index in [4.69, 9.17) is 10.5 Å². The maximum atomic E-state index is 12.2. The topological polar surface area (TPSA) is 67.6 Å². The Hall–Kier alpha value is -0.650. The molecule has 116 valence electrons. The summed E-state index contributed by atoms with van der Waals surface area (Å²) in [6.45, 7) is 8.55. The highest BCUT2D eigenvalue weighted by Gasteiger charge is 2.30. The lowest BCUT2D eigenvalue weighted by atomic mass is 9.86. The molecule has 20 heavy (non-hydrogen) atoms. The minimum atomic E-state index is -0.00942. The molecule has 1 heterocycles. The second-order valence-corrected chi connectivity index (χ2v) is 6.74. The molecule has 0 radical (unpaired) electrons. The average molecular weight is 283 g/mol.